The number of aliphatic hydroxyl groups is 2. The van der Waals surface area contributed by atoms with Gasteiger partial charge in [-0.05, 0) is 57.8 Å². The predicted octanol–water partition coefficient (Wildman–Crippen LogP) is 20.2. The fourth-order valence-corrected chi connectivity index (χ4v) is 10.0. The zero-order chi connectivity index (χ0) is 51.4. The second-order valence-corrected chi connectivity index (χ2v) is 22.1. The molecule has 0 spiro atoms. The van der Waals surface area contributed by atoms with Gasteiger partial charge >= 0.3 is 5.97 Å². The molecule has 71 heavy (non-hydrogen) atoms. The summed E-state index contributed by atoms with van der Waals surface area (Å²) < 4.78 is 5.47. The molecule has 0 bridgehead atoms. The maximum atomic E-state index is 12.5. The summed E-state index contributed by atoms with van der Waals surface area (Å²) in [6.07, 6.45) is 75.1. The number of ether oxygens (including phenoxy) is 1. The summed E-state index contributed by atoms with van der Waals surface area (Å²) in [6, 6.07) is -0.629. The van der Waals surface area contributed by atoms with E-state index in [9.17, 15) is 19.8 Å². The standard InChI is InChI=1S/C65H125NO5/c1-3-5-7-9-11-13-15-17-18-19-20-24-27-30-34-37-41-45-49-53-57-63(68)62(61-67)66-64(69)58-54-50-46-42-38-35-31-28-25-22-21-23-26-29-32-36-40-44-48-52-56-60-71-65(70)59-55-51-47-43-39-33-16-14-12-10-8-6-4-2/h14,16,53,57,62-63,67-68H,3-13,15,17-52,54-56,58-61H2,1-2H3,(H,66,69)/b16-14-,57-53+. The number of rotatable bonds is 60. The molecule has 0 heterocycles. The molecule has 3 N–H and O–H groups in total. The number of allylic oxidation sites excluding steroid dienone is 3. The van der Waals surface area contributed by atoms with E-state index in [4.69, 9.17) is 4.74 Å². The van der Waals surface area contributed by atoms with Crippen molar-refractivity contribution in [2.45, 2.75) is 366 Å². The summed E-state index contributed by atoms with van der Waals surface area (Å²) in [5.74, 6) is -0.0632. The van der Waals surface area contributed by atoms with Crippen molar-refractivity contribution in [3.05, 3.63) is 24.3 Å². The van der Waals surface area contributed by atoms with Crippen molar-refractivity contribution in [2.24, 2.45) is 0 Å². The maximum absolute atomic E-state index is 12.5. The molecule has 0 aliphatic rings. The summed E-state index contributed by atoms with van der Waals surface area (Å²) in [5.41, 5.74) is 0. The van der Waals surface area contributed by atoms with Crippen LogP contribution in [-0.2, 0) is 14.3 Å². The molecule has 0 fully saturated rings. The minimum absolute atomic E-state index is 0.00263. The monoisotopic (exact) mass is 1000 g/mol. The van der Waals surface area contributed by atoms with Gasteiger partial charge in [0.2, 0.25) is 5.91 Å². The molecule has 0 aliphatic heterocycles. The molecule has 0 radical (unpaired) electrons. The smallest absolute Gasteiger partial charge is 0.305 e. The topological polar surface area (TPSA) is 95.9 Å². The van der Waals surface area contributed by atoms with E-state index < -0.39 is 12.1 Å². The number of carbonyl (C=O) groups excluding carboxylic acids is 2. The van der Waals surface area contributed by atoms with E-state index in [0.29, 0.717) is 19.4 Å². The fourth-order valence-electron chi connectivity index (χ4n) is 10.0. The van der Waals surface area contributed by atoms with Crippen LogP contribution in [0.3, 0.4) is 0 Å². The fraction of sp³-hybridized carbons (Fsp3) is 0.908. The lowest BCUT2D eigenvalue weighted by Gasteiger charge is -2.20. The highest BCUT2D eigenvalue weighted by molar-refractivity contribution is 5.76. The van der Waals surface area contributed by atoms with Gasteiger partial charge in [0, 0.05) is 12.8 Å². The Labute approximate surface area is 443 Å². The molecule has 0 saturated carbocycles. The van der Waals surface area contributed by atoms with Gasteiger partial charge in [-0.3, -0.25) is 9.59 Å². The Hall–Kier alpha value is -1.66. The number of hydrogen-bond donors (Lipinski definition) is 3. The summed E-state index contributed by atoms with van der Waals surface area (Å²) in [7, 11) is 0. The van der Waals surface area contributed by atoms with E-state index in [2.05, 4.69) is 31.3 Å². The Morgan fingerprint density at radius 2 is 0.662 bits per heavy atom. The minimum Gasteiger partial charge on any atom is -0.466 e. The van der Waals surface area contributed by atoms with Crippen molar-refractivity contribution in [3.8, 4) is 0 Å². The number of nitrogens with one attached hydrogen (secondary N) is 1. The number of esters is 1. The van der Waals surface area contributed by atoms with Gasteiger partial charge in [-0.25, -0.2) is 0 Å². The SMILES string of the molecule is CCCCCC/C=C\CCCCCCCC(=O)OCCCCCCCCCCCCCCCCCCCCCCCC(=O)NC(CO)C(O)/C=C/CCCCCCCCCCCCCCCCCCCC. The molecule has 0 saturated heterocycles. The second kappa shape index (κ2) is 60.9. The number of unbranched alkanes of at least 4 members (excludes halogenated alkanes) is 47. The Morgan fingerprint density at radius 3 is 1.01 bits per heavy atom. The first-order valence-corrected chi connectivity index (χ1v) is 32.1. The van der Waals surface area contributed by atoms with Gasteiger partial charge < -0.3 is 20.3 Å². The Morgan fingerprint density at radius 1 is 0.380 bits per heavy atom. The van der Waals surface area contributed by atoms with Crippen LogP contribution in [0.4, 0.5) is 0 Å². The second-order valence-electron chi connectivity index (χ2n) is 22.1. The molecule has 6 nitrogen and oxygen atoms in total. The minimum atomic E-state index is -0.846. The molecule has 0 aliphatic carbocycles. The highest BCUT2D eigenvalue weighted by Gasteiger charge is 2.18. The van der Waals surface area contributed by atoms with Crippen LogP contribution in [-0.4, -0.2) is 47.4 Å². The third-order valence-electron chi connectivity index (χ3n) is 15.0. The third-order valence-corrected chi connectivity index (χ3v) is 15.0. The van der Waals surface area contributed by atoms with Gasteiger partial charge in [-0.15, -0.1) is 0 Å². The molecular weight excluding hydrogens is 875 g/mol. The van der Waals surface area contributed by atoms with Crippen LogP contribution in [0.15, 0.2) is 24.3 Å². The van der Waals surface area contributed by atoms with Crippen LogP contribution in [0.1, 0.15) is 354 Å². The first kappa shape index (κ1) is 69.3. The van der Waals surface area contributed by atoms with Gasteiger partial charge in [0.25, 0.3) is 0 Å². The zero-order valence-corrected chi connectivity index (χ0v) is 48.0. The van der Waals surface area contributed by atoms with Crippen LogP contribution in [0.2, 0.25) is 0 Å². The molecule has 0 aromatic carbocycles. The Balaban J connectivity index is 3.42. The van der Waals surface area contributed by atoms with Crippen molar-refractivity contribution >= 4 is 11.9 Å². The lowest BCUT2D eigenvalue weighted by Crippen LogP contribution is -2.45. The number of amides is 1. The highest BCUT2D eigenvalue weighted by atomic mass is 16.5. The van der Waals surface area contributed by atoms with E-state index >= 15 is 0 Å². The number of aliphatic hydroxyl groups excluding tert-OH is 2. The van der Waals surface area contributed by atoms with Crippen LogP contribution in [0.5, 0.6) is 0 Å². The van der Waals surface area contributed by atoms with Gasteiger partial charge in [-0.1, -0.05) is 308 Å². The number of hydrogen-bond acceptors (Lipinski definition) is 5. The summed E-state index contributed by atoms with van der Waals surface area (Å²) in [5, 5.41) is 23.2. The molecule has 420 valence electrons. The summed E-state index contributed by atoms with van der Waals surface area (Å²) in [4.78, 5) is 24.5. The van der Waals surface area contributed by atoms with Crippen molar-refractivity contribution < 1.29 is 24.5 Å². The third kappa shape index (κ3) is 57.5. The van der Waals surface area contributed by atoms with Crippen LogP contribution >= 0.6 is 0 Å². The van der Waals surface area contributed by atoms with Crippen molar-refractivity contribution in [1.82, 2.24) is 5.32 Å². The van der Waals surface area contributed by atoms with E-state index in [1.54, 1.807) is 6.08 Å². The lowest BCUT2D eigenvalue weighted by atomic mass is 10.0. The van der Waals surface area contributed by atoms with Gasteiger partial charge in [0.05, 0.1) is 25.4 Å². The van der Waals surface area contributed by atoms with E-state index in [1.807, 2.05) is 6.08 Å². The Kier molecular flexibility index (Phi) is 59.5. The van der Waals surface area contributed by atoms with Crippen molar-refractivity contribution in [2.75, 3.05) is 13.2 Å². The van der Waals surface area contributed by atoms with Gasteiger partial charge in [0.15, 0.2) is 0 Å². The van der Waals surface area contributed by atoms with Gasteiger partial charge in [0.1, 0.15) is 0 Å². The molecule has 0 rings (SSSR count). The zero-order valence-electron chi connectivity index (χ0n) is 48.0. The van der Waals surface area contributed by atoms with E-state index in [1.165, 1.54) is 283 Å². The molecule has 1 amide bonds. The highest BCUT2D eigenvalue weighted by Crippen LogP contribution is 2.18. The van der Waals surface area contributed by atoms with E-state index in [0.717, 1.165) is 44.9 Å². The molecular formula is C65H125NO5. The largest absolute Gasteiger partial charge is 0.466 e. The molecule has 2 atom stereocenters. The molecule has 6 heteroatoms. The quantitative estimate of drug-likeness (QED) is 0.0320. The van der Waals surface area contributed by atoms with Crippen LogP contribution in [0.25, 0.3) is 0 Å². The summed E-state index contributed by atoms with van der Waals surface area (Å²) in [6.45, 7) is 4.91. The average Bonchev–Trinajstić information content (AvgIpc) is 3.37. The average molecular weight is 1000 g/mol. The van der Waals surface area contributed by atoms with Crippen molar-refractivity contribution in [3.63, 3.8) is 0 Å². The first-order valence-electron chi connectivity index (χ1n) is 32.1. The lowest BCUT2D eigenvalue weighted by molar-refractivity contribution is -0.143. The molecule has 0 aromatic heterocycles. The Bertz CT molecular complexity index is 1110. The van der Waals surface area contributed by atoms with Crippen molar-refractivity contribution in [1.29, 1.82) is 0 Å². The van der Waals surface area contributed by atoms with E-state index in [-0.39, 0.29) is 18.5 Å². The molecule has 0 aromatic rings. The maximum Gasteiger partial charge on any atom is 0.305 e. The summed E-state index contributed by atoms with van der Waals surface area (Å²) >= 11 is 0. The normalized spacial score (nSPS) is 12.7. The first-order chi connectivity index (χ1) is 35.0. The molecule has 2 unspecified atom stereocenters. The predicted molar refractivity (Wildman–Crippen MR) is 310 cm³/mol. The number of carbonyl (C=O) groups is 2. The van der Waals surface area contributed by atoms with Crippen LogP contribution < -0.4 is 5.32 Å². The van der Waals surface area contributed by atoms with Crippen LogP contribution in [0, 0.1) is 0 Å². The van der Waals surface area contributed by atoms with Gasteiger partial charge in [-0.2, -0.15) is 0 Å².